The van der Waals surface area contributed by atoms with E-state index in [0.29, 0.717) is 19.3 Å². The highest BCUT2D eigenvalue weighted by Crippen LogP contribution is 2.39. The zero-order valence-electron chi connectivity index (χ0n) is 22.9. The number of hydrogen-bond acceptors (Lipinski definition) is 4. The van der Waals surface area contributed by atoms with Crippen LogP contribution in [0.25, 0.3) is 0 Å². The van der Waals surface area contributed by atoms with Gasteiger partial charge >= 0.3 is 6.36 Å². The van der Waals surface area contributed by atoms with Gasteiger partial charge in [0.1, 0.15) is 23.9 Å². The molecule has 2 aromatic rings. The predicted octanol–water partition coefficient (Wildman–Crippen LogP) is 6.05. The quantitative estimate of drug-likeness (QED) is 0.393. The van der Waals surface area contributed by atoms with E-state index >= 15 is 0 Å². The number of benzene rings is 2. The number of piperazine rings is 1. The Morgan fingerprint density at radius 1 is 1.05 bits per heavy atom. The summed E-state index contributed by atoms with van der Waals surface area (Å²) < 4.78 is 42.6. The zero-order valence-corrected chi connectivity index (χ0v) is 23.7. The van der Waals surface area contributed by atoms with E-state index in [9.17, 15) is 27.6 Å². The summed E-state index contributed by atoms with van der Waals surface area (Å²) >= 11 is 6.18. The van der Waals surface area contributed by atoms with Gasteiger partial charge in [-0.2, -0.15) is 0 Å². The van der Waals surface area contributed by atoms with Crippen molar-refractivity contribution >= 4 is 29.2 Å². The van der Waals surface area contributed by atoms with Gasteiger partial charge in [0.2, 0.25) is 11.8 Å². The second kappa shape index (κ2) is 11.8. The number of nitrogens with zero attached hydrogens (tertiary/aromatic N) is 1. The maximum Gasteiger partial charge on any atom is 0.573 e. The van der Waals surface area contributed by atoms with Crippen molar-refractivity contribution in [3.8, 4) is 5.75 Å². The Kier molecular flexibility index (Phi) is 8.83. The van der Waals surface area contributed by atoms with E-state index in [0.717, 1.165) is 17.2 Å². The Balaban J connectivity index is 1.77. The van der Waals surface area contributed by atoms with Crippen LogP contribution in [0.1, 0.15) is 63.3 Å². The molecule has 1 fully saturated rings. The maximum atomic E-state index is 14.3. The number of ether oxygens (including phenoxy) is 1. The standard InChI is InChI=1S/C30H34ClF3N2O4/c1-16(2)11-23-28(38)35-26(21-13-18-7-5-6-8-19(18)14-21)29(39)36(23)27(24(37)12-17(3)4)20-9-10-25(22(31)15-20)40-30(32,33)34/h5-10,15-17,21,23,26-27H,11-14H2,1-4H3,(H,35,38)/t23-,26-,27-/m1/s1. The molecular formula is C30H34ClF3N2O4. The molecule has 216 valence electrons. The largest absolute Gasteiger partial charge is 0.573 e. The summed E-state index contributed by atoms with van der Waals surface area (Å²) in [7, 11) is 0. The van der Waals surface area contributed by atoms with Gasteiger partial charge in [-0.1, -0.05) is 69.6 Å². The molecule has 2 aliphatic rings. The highest BCUT2D eigenvalue weighted by Gasteiger charge is 2.49. The van der Waals surface area contributed by atoms with Gasteiger partial charge in [-0.05, 0) is 65.8 Å². The number of ketones is 1. The van der Waals surface area contributed by atoms with Crippen LogP contribution in [0.15, 0.2) is 42.5 Å². The van der Waals surface area contributed by atoms with Crippen molar-refractivity contribution in [3.05, 3.63) is 64.2 Å². The minimum atomic E-state index is -4.95. The van der Waals surface area contributed by atoms with Crippen LogP contribution in [0.3, 0.4) is 0 Å². The smallest absolute Gasteiger partial charge is 0.404 e. The lowest BCUT2D eigenvalue weighted by Crippen LogP contribution is -2.66. The van der Waals surface area contributed by atoms with Gasteiger partial charge in [0.15, 0.2) is 5.78 Å². The van der Waals surface area contributed by atoms with Gasteiger partial charge in [0.25, 0.3) is 0 Å². The van der Waals surface area contributed by atoms with Crippen molar-refractivity contribution in [3.63, 3.8) is 0 Å². The fraction of sp³-hybridized carbons (Fsp3) is 0.500. The van der Waals surface area contributed by atoms with Crippen molar-refractivity contribution in [1.29, 1.82) is 0 Å². The van der Waals surface area contributed by atoms with Crippen LogP contribution < -0.4 is 10.1 Å². The molecule has 2 amide bonds. The number of hydrogen-bond donors (Lipinski definition) is 1. The number of carbonyl (C=O) groups is 3. The Labute approximate surface area is 237 Å². The predicted molar refractivity (Wildman–Crippen MR) is 145 cm³/mol. The minimum absolute atomic E-state index is 0.0188. The fourth-order valence-corrected chi connectivity index (χ4v) is 6.01. The molecule has 0 radical (unpaired) electrons. The minimum Gasteiger partial charge on any atom is -0.404 e. The maximum absolute atomic E-state index is 14.3. The molecule has 0 aromatic heterocycles. The van der Waals surface area contributed by atoms with E-state index < -0.39 is 30.2 Å². The first kappa shape index (κ1) is 29.9. The van der Waals surface area contributed by atoms with Crippen LogP contribution in [0.4, 0.5) is 13.2 Å². The average molecular weight is 579 g/mol. The second-order valence-electron chi connectivity index (χ2n) is 11.5. The van der Waals surface area contributed by atoms with E-state index in [2.05, 4.69) is 10.1 Å². The lowest BCUT2D eigenvalue weighted by Gasteiger charge is -2.45. The number of alkyl halides is 3. The monoisotopic (exact) mass is 578 g/mol. The molecule has 0 bridgehead atoms. The molecule has 1 N–H and O–H groups in total. The molecule has 1 aliphatic heterocycles. The summed E-state index contributed by atoms with van der Waals surface area (Å²) in [5.74, 6) is -1.89. The molecule has 3 atom stereocenters. The summed E-state index contributed by atoms with van der Waals surface area (Å²) in [6.45, 7) is 7.55. The van der Waals surface area contributed by atoms with Crippen LogP contribution in [0.5, 0.6) is 5.75 Å². The molecule has 0 spiro atoms. The van der Waals surface area contributed by atoms with Gasteiger partial charge in [-0.15, -0.1) is 13.2 Å². The van der Waals surface area contributed by atoms with Crippen molar-refractivity contribution in [2.75, 3.05) is 0 Å². The fourth-order valence-electron chi connectivity index (χ4n) is 5.78. The van der Waals surface area contributed by atoms with Crippen LogP contribution >= 0.6 is 11.6 Å². The molecule has 0 unspecified atom stereocenters. The third kappa shape index (κ3) is 6.62. The van der Waals surface area contributed by atoms with Crippen LogP contribution in [0.2, 0.25) is 5.02 Å². The topological polar surface area (TPSA) is 75.7 Å². The van der Waals surface area contributed by atoms with E-state index in [1.807, 2.05) is 52.0 Å². The molecule has 2 aromatic carbocycles. The Morgan fingerprint density at radius 3 is 2.20 bits per heavy atom. The normalized spacial score (nSPS) is 20.6. The number of halogens is 4. The molecule has 1 heterocycles. The van der Waals surface area contributed by atoms with Gasteiger partial charge in [0, 0.05) is 6.42 Å². The number of Topliss-reactive ketones (excluding diaryl/α,β-unsaturated/α-hetero) is 1. The average Bonchev–Trinajstić information content (AvgIpc) is 3.27. The van der Waals surface area contributed by atoms with Crippen LogP contribution in [0, 0.1) is 17.8 Å². The third-order valence-electron chi connectivity index (χ3n) is 7.40. The number of carbonyl (C=O) groups excluding carboxylic acids is 3. The van der Waals surface area contributed by atoms with E-state index in [1.54, 1.807) is 0 Å². The first-order valence-corrected chi connectivity index (χ1v) is 13.9. The van der Waals surface area contributed by atoms with E-state index in [4.69, 9.17) is 11.6 Å². The zero-order chi connectivity index (χ0) is 29.4. The Bertz CT molecular complexity index is 1250. The summed E-state index contributed by atoms with van der Waals surface area (Å²) in [4.78, 5) is 43.1. The second-order valence-corrected chi connectivity index (χ2v) is 11.9. The number of rotatable bonds is 9. The van der Waals surface area contributed by atoms with Gasteiger partial charge < -0.3 is 15.0 Å². The summed E-state index contributed by atoms with van der Waals surface area (Å²) in [6.07, 6.45) is -3.33. The Hall–Kier alpha value is -3.07. The number of amides is 2. The molecule has 1 saturated heterocycles. The van der Waals surface area contributed by atoms with E-state index in [-0.39, 0.29) is 52.4 Å². The molecule has 40 heavy (non-hydrogen) atoms. The molecular weight excluding hydrogens is 545 g/mol. The van der Waals surface area contributed by atoms with Crippen molar-refractivity contribution in [1.82, 2.24) is 10.2 Å². The first-order chi connectivity index (χ1) is 18.7. The van der Waals surface area contributed by atoms with Crippen molar-refractivity contribution < 1.29 is 32.3 Å². The number of nitrogens with one attached hydrogen (secondary N) is 1. The van der Waals surface area contributed by atoms with Gasteiger partial charge in [0.05, 0.1) is 5.02 Å². The summed E-state index contributed by atoms with van der Waals surface area (Å²) in [5.41, 5.74) is 2.46. The molecule has 6 nitrogen and oxygen atoms in total. The Morgan fingerprint density at radius 2 is 1.68 bits per heavy atom. The van der Waals surface area contributed by atoms with Crippen molar-refractivity contribution in [2.24, 2.45) is 17.8 Å². The molecule has 10 heteroatoms. The lowest BCUT2D eigenvalue weighted by atomic mass is 9.86. The van der Waals surface area contributed by atoms with E-state index in [1.165, 1.54) is 17.0 Å². The summed E-state index contributed by atoms with van der Waals surface area (Å²) in [6, 6.07) is 8.47. The molecule has 4 rings (SSSR count). The molecule has 1 aliphatic carbocycles. The van der Waals surface area contributed by atoms with Crippen molar-refractivity contribution in [2.45, 2.75) is 77.9 Å². The lowest BCUT2D eigenvalue weighted by molar-refractivity contribution is -0.274. The van der Waals surface area contributed by atoms with Crippen LogP contribution in [-0.2, 0) is 27.2 Å². The summed E-state index contributed by atoms with van der Waals surface area (Å²) in [5, 5.41) is 2.60. The highest BCUT2D eigenvalue weighted by molar-refractivity contribution is 6.32. The van der Waals surface area contributed by atoms with Gasteiger partial charge in [-0.3, -0.25) is 14.4 Å². The first-order valence-electron chi connectivity index (χ1n) is 13.5. The molecule has 0 saturated carbocycles. The number of fused-ring (bicyclic) bond motifs is 1. The highest BCUT2D eigenvalue weighted by atomic mass is 35.5. The van der Waals surface area contributed by atoms with Gasteiger partial charge in [-0.25, -0.2) is 0 Å². The third-order valence-corrected chi connectivity index (χ3v) is 7.69. The SMILES string of the molecule is CC(C)CC(=O)[C@@H](c1ccc(OC(F)(F)F)c(Cl)c1)N1C(=O)[C@@H](C2Cc3ccccc3C2)NC(=O)[C@H]1CC(C)C. The van der Waals surface area contributed by atoms with Crippen LogP contribution in [-0.4, -0.2) is 40.9 Å².